The molecule has 0 aromatic rings. The first-order valence-corrected chi connectivity index (χ1v) is 4.00. The highest BCUT2D eigenvalue weighted by Gasteiger charge is 2.53. The minimum atomic E-state index is 0.395. The van der Waals surface area contributed by atoms with E-state index in [-0.39, 0.29) is 0 Å². The zero-order valence-electron chi connectivity index (χ0n) is 6.05. The Balaban J connectivity index is 2.10. The van der Waals surface area contributed by atoms with Gasteiger partial charge >= 0.3 is 0 Å². The third-order valence-electron chi connectivity index (χ3n) is 2.83. The molecule has 3 atom stereocenters. The van der Waals surface area contributed by atoms with Gasteiger partial charge in [-0.2, -0.15) is 0 Å². The molecule has 1 heteroatoms. The predicted molar refractivity (Wildman–Crippen MR) is 39.5 cm³/mol. The highest BCUT2D eigenvalue weighted by Crippen LogP contribution is 2.53. The molecular weight excluding hydrogens is 124 g/mol. The van der Waals surface area contributed by atoms with Crippen LogP contribution in [-0.4, -0.2) is 5.78 Å². The summed E-state index contributed by atoms with van der Waals surface area (Å²) in [5, 5.41) is 0. The number of rotatable bonds is 1. The smallest absolute Gasteiger partial charge is 0.136 e. The van der Waals surface area contributed by atoms with E-state index in [9.17, 15) is 4.79 Å². The van der Waals surface area contributed by atoms with Crippen molar-refractivity contribution in [1.82, 2.24) is 0 Å². The Morgan fingerprint density at radius 2 is 2.40 bits per heavy atom. The van der Waals surface area contributed by atoms with Crippen molar-refractivity contribution < 1.29 is 4.79 Å². The van der Waals surface area contributed by atoms with E-state index in [1.807, 2.05) is 6.08 Å². The van der Waals surface area contributed by atoms with Gasteiger partial charge in [0.1, 0.15) is 5.78 Å². The van der Waals surface area contributed by atoms with Crippen LogP contribution in [0.15, 0.2) is 12.7 Å². The molecule has 10 heavy (non-hydrogen) atoms. The molecule has 54 valence electrons. The van der Waals surface area contributed by atoms with E-state index in [1.54, 1.807) is 0 Å². The lowest BCUT2D eigenvalue weighted by Crippen LogP contribution is -2.07. The summed E-state index contributed by atoms with van der Waals surface area (Å²) in [5.74, 6) is 2.13. The van der Waals surface area contributed by atoms with Crippen molar-refractivity contribution >= 4 is 5.78 Å². The van der Waals surface area contributed by atoms with Crippen LogP contribution in [-0.2, 0) is 4.79 Å². The van der Waals surface area contributed by atoms with Gasteiger partial charge in [0, 0.05) is 12.3 Å². The lowest BCUT2D eigenvalue weighted by atomic mass is 10.00. The van der Waals surface area contributed by atoms with Crippen molar-refractivity contribution in [2.45, 2.75) is 19.3 Å². The van der Waals surface area contributed by atoms with Gasteiger partial charge in [-0.05, 0) is 24.7 Å². The molecule has 0 radical (unpaired) electrons. The molecule has 0 amide bonds. The molecule has 0 aromatic carbocycles. The van der Waals surface area contributed by atoms with E-state index in [2.05, 4.69) is 6.58 Å². The van der Waals surface area contributed by atoms with Crippen molar-refractivity contribution in [3.05, 3.63) is 12.7 Å². The summed E-state index contributed by atoms with van der Waals surface area (Å²) in [6, 6.07) is 0. The summed E-state index contributed by atoms with van der Waals surface area (Å²) in [6.07, 6.45) is 5.15. The normalized spacial score (nSPS) is 44.4. The highest BCUT2D eigenvalue weighted by atomic mass is 16.1. The Labute approximate surface area is 61.1 Å². The number of allylic oxidation sites excluding steroid dienone is 1. The number of carbonyl (C=O) groups excluding carboxylic acids is 1. The first-order chi connectivity index (χ1) is 4.84. The first-order valence-electron chi connectivity index (χ1n) is 4.00. The summed E-state index contributed by atoms with van der Waals surface area (Å²) >= 11 is 0. The molecule has 0 N–H and O–H groups in total. The molecule has 2 aliphatic carbocycles. The standard InChI is InChI=1S/C9H12O/c1-2-6-7-4-3-5-8(10)9(6)7/h2,6-7,9H,1,3-5H2/t6?,7-,9+/m0/s1. The van der Waals surface area contributed by atoms with Gasteiger partial charge in [0.05, 0.1) is 0 Å². The third-order valence-corrected chi connectivity index (χ3v) is 2.83. The summed E-state index contributed by atoms with van der Waals surface area (Å²) in [5.41, 5.74) is 0. The lowest BCUT2D eigenvalue weighted by Gasteiger charge is -2.04. The van der Waals surface area contributed by atoms with Crippen LogP contribution in [0.1, 0.15) is 19.3 Å². The predicted octanol–water partition coefficient (Wildman–Crippen LogP) is 1.79. The number of carbonyl (C=O) groups is 1. The fourth-order valence-corrected chi connectivity index (χ4v) is 2.23. The maximum absolute atomic E-state index is 11.2. The van der Waals surface area contributed by atoms with Gasteiger partial charge in [0.2, 0.25) is 0 Å². The number of ketones is 1. The number of Topliss-reactive ketones (excluding diaryl/α,β-unsaturated/α-hetero) is 1. The van der Waals surface area contributed by atoms with Crippen LogP contribution in [0.3, 0.4) is 0 Å². The summed E-state index contributed by atoms with van der Waals surface area (Å²) < 4.78 is 0. The summed E-state index contributed by atoms with van der Waals surface area (Å²) in [4.78, 5) is 11.2. The Morgan fingerprint density at radius 1 is 1.60 bits per heavy atom. The average molecular weight is 136 g/mol. The Hall–Kier alpha value is -0.590. The topological polar surface area (TPSA) is 17.1 Å². The molecule has 0 heterocycles. The van der Waals surface area contributed by atoms with E-state index in [4.69, 9.17) is 0 Å². The average Bonchev–Trinajstić information content (AvgIpc) is 2.63. The van der Waals surface area contributed by atoms with E-state index in [1.165, 1.54) is 6.42 Å². The van der Waals surface area contributed by atoms with Gasteiger partial charge in [-0.15, -0.1) is 6.58 Å². The fourth-order valence-electron chi connectivity index (χ4n) is 2.23. The zero-order chi connectivity index (χ0) is 7.14. The molecule has 0 spiro atoms. The fraction of sp³-hybridized carbons (Fsp3) is 0.667. The van der Waals surface area contributed by atoms with Crippen LogP contribution in [0, 0.1) is 17.8 Å². The second-order valence-electron chi connectivity index (χ2n) is 3.36. The van der Waals surface area contributed by atoms with Crippen LogP contribution in [0.4, 0.5) is 0 Å². The Morgan fingerprint density at radius 3 is 3.00 bits per heavy atom. The molecule has 1 nitrogen and oxygen atoms in total. The second-order valence-corrected chi connectivity index (χ2v) is 3.36. The quantitative estimate of drug-likeness (QED) is 0.502. The van der Waals surface area contributed by atoms with Crippen LogP contribution >= 0.6 is 0 Å². The molecule has 0 bridgehead atoms. The molecular formula is C9H12O. The van der Waals surface area contributed by atoms with Crippen LogP contribution in [0.2, 0.25) is 0 Å². The maximum Gasteiger partial charge on any atom is 0.136 e. The van der Waals surface area contributed by atoms with E-state index in [0.717, 1.165) is 12.8 Å². The van der Waals surface area contributed by atoms with Crippen LogP contribution < -0.4 is 0 Å². The molecule has 2 saturated carbocycles. The molecule has 0 aromatic heterocycles. The van der Waals surface area contributed by atoms with E-state index in [0.29, 0.717) is 23.5 Å². The molecule has 2 fully saturated rings. The Kier molecular flexibility index (Phi) is 1.19. The number of hydrogen-bond acceptors (Lipinski definition) is 1. The maximum atomic E-state index is 11.2. The third kappa shape index (κ3) is 0.664. The highest BCUT2D eigenvalue weighted by molar-refractivity contribution is 5.85. The van der Waals surface area contributed by atoms with Gasteiger partial charge in [0.25, 0.3) is 0 Å². The second kappa shape index (κ2) is 1.94. The minimum absolute atomic E-state index is 0.395. The van der Waals surface area contributed by atoms with E-state index < -0.39 is 0 Å². The van der Waals surface area contributed by atoms with Gasteiger partial charge < -0.3 is 0 Å². The van der Waals surface area contributed by atoms with Gasteiger partial charge in [-0.25, -0.2) is 0 Å². The van der Waals surface area contributed by atoms with Crippen molar-refractivity contribution in [1.29, 1.82) is 0 Å². The Bertz CT molecular complexity index is 183. The monoisotopic (exact) mass is 136 g/mol. The van der Waals surface area contributed by atoms with E-state index >= 15 is 0 Å². The zero-order valence-corrected chi connectivity index (χ0v) is 6.05. The van der Waals surface area contributed by atoms with Crippen molar-refractivity contribution in [3.63, 3.8) is 0 Å². The lowest BCUT2D eigenvalue weighted by molar-refractivity contribution is -0.121. The van der Waals surface area contributed by atoms with Crippen molar-refractivity contribution in [3.8, 4) is 0 Å². The molecule has 2 rings (SSSR count). The first kappa shape index (κ1) is 6.14. The van der Waals surface area contributed by atoms with Gasteiger partial charge in [-0.3, -0.25) is 4.79 Å². The van der Waals surface area contributed by atoms with Gasteiger partial charge in [-0.1, -0.05) is 6.08 Å². The minimum Gasteiger partial charge on any atom is -0.299 e. The SMILES string of the molecule is C=CC1[C@H]2C(=O)CCC[C@@H]12. The largest absolute Gasteiger partial charge is 0.299 e. The molecule has 0 aliphatic heterocycles. The van der Waals surface area contributed by atoms with Gasteiger partial charge in [0.15, 0.2) is 0 Å². The molecule has 0 saturated heterocycles. The number of hydrogen-bond donors (Lipinski definition) is 0. The van der Waals surface area contributed by atoms with Crippen LogP contribution in [0.5, 0.6) is 0 Å². The molecule has 1 unspecified atom stereocenters. The number of fused-ring (bicyclic) bond motifs is 1. The summed E-state index contributed by atoms with van der Waals surface area (Å²) in [6.45, 7) is 3.73. The molecule has 2 aliphatic rings. The van der Waals surface area contributed by atoms with Crippen LogP contribution in [0.25, 0.3) is 0 Å². The summed E-state index contributed by atoms with van der Waals surface area (Å²) in [7, 11) is 0. The van der Waals surface area contributed by atoms with Crippen molar-refractivity contribution in [2.24, 2.45) is 17.8 Å². The van der Waals surface area contributed by atoms with Crippen molar-refractivity contribution in [2.75, 3.05) is 0 Å².